The van der Waals surface area contributed by atoms with E-state index < -0.39 is 0 Å². The van der Waals surface area contributed by atoms with Crippen molar-refractivity contribution in [1.29, 1.82) is 0 Å². The van der Waals surface area contributed by atoms with Crippen molar-refractivity contribution in [2.24, 2.45) is 5.92 Å². The number of aryl methyl sites for hydroxylation is 1. The van der Waals surface area contributed by atoms with Crippen molar-refractivity contribution < 1.29 is 9.53 Å². The third-order valence-corrected chi connectivity index (χ3v) is 5.17. The van der Waals surface area contributed by atoms with E-state index in [0.29, 0.717) is 18.2 Å². The van der Waals surface area contributed by atoms with Crippen LogP contribution in [0.5, 0.6) is 0 Å². The van der Waals surface area contributed by atoms with E-state index in [1.54, 1.807) is 0 Å². The van der Waals surface area contributed by atoms with Gasteiger partial charge >= 0.3 is 0 Å². The Hall–Kier alpha value is -1.62. The number of amides is 1. The molecule has 0 aromatic carbocycles. The van der Waals surface area contributed by atoms with Crippen LogP contribution in [0.1, 0.15) is 38.3 Å². The molecule has 2 saturated heterocycles. The quantitative estimate of drug-likeness (QED) is 0.851. The molecule has 132 valence electrons. The van der Waals surface area contributed by atoms with Crippen LogP contribution in [0.15, 0.2) is 18.2 Å². The summed E-state index contributed by atoms with van der Waals surface area (Å²) in [7, 11) is 0. The van der Waals surface area contributed by atoms with Crippen molar-refractivity contribution in [3.8, 4) is 0 Å². The first-order valence-electron chi connectivity index (χ1n) is 9.19. The van der Waals surface area contributed by atoms with Gasteiger partial charge in [-0.2, -0.15) is 0 Å². The Morgan fingerprint density at radius 1 is 1.38 bits per heavy atom. The second-order valence-corrected chi connectivity index (χ2v) is 7.14. The first kappa shape index (κ1) is 17.2. The van der Waals surface area contributed by atoms with Gasteiger partial charge in [0.2, 0.25) is 5.91 Å². The highest BCUT2D eigenvalue weighted by Crippen LogP contribution is 2.22. The molecule has 2 aliphatic rings. The summed E-state index contributed by atoms with van der Waals surface area (Å²) in [6.07, 6.45) is 3.96. The average molecular weight is 331 g/mol. The number of piperazine rings is 1. The summed E-state index contributed by atoms with van der Waals surface area (Å²) in [4.78, 5) is 21.5. The molecule has 3 heterocycles. The molecule has 0 N–H and O–H groups in total. The molecule has 2 atom stereocenters. The van der Waals surface area contributed by atoms with Gasteiger partial charge in [0.05, 0.1) is 0 Å². The van der Waals surface area contributed by atoms with E-state index >= 15 is 0 Å². The fraction of sp³-hybridized carbons (Fsp3) is 0.684. The summed E-state index contributed by atoms with van der Waals surface area (Å²) in [5.74, 6) is 1.88. The molecule has 1 aromatic rings. The van der Waals surface area contributed by atoms with Gasteiger partial charge in [-0.05, 0) is 51.2 Å². The van der Waals surface area contributed by atoms with Crippen molar-refractivity contribution in [3.63, 3.8) is 0 Å². The normalized spacial score (nSPS) is 24.9. The molecule has 5 nitrogen and oxygen atoms in total. The van der Waals surface area contributed by atoms with Crippen molar-refractivity contribution >= 4 is 11.7 Å². The van der Waals surface area contributed by atoms with Crippen molar-refractivity contribution in [2.75, 3.05) is 37.7 Å². The summed E-state index contributed by atoms with van der Waals surface area (Å²) in [5.41, 5.74) is 1.04. The van der Waals surface area contributed by atoms with Crippen LogP contribution in [0.3, 0.4) is 0 Å². The Kier molecular flexibility index (Phi) is 5.72. The lowest BCUT2D eigenvalue weighted by molar-refractivity contribution is -0.134. The second kappa shape index (κ2) is 7.97. The Labute approximate surface area is 145 Å². The minimum absolute atomic E-state index is 0.233. The molecule has 0 spiro atoms. The summed E-state index contributed by atoms with van der Waals surface area (Å²) < 4.78 is 5.52. The van der Waals surface area contributed by atoms with Gasteiger partial charge in [-0.3, -0.25) is 4.79 Å². The van der Waals surface area contributed by atoms with Gasteiger partial charge in [0.1, 0.15) is 5.82 Å². The SMILES string of the molecule is Cc1cccc(N2CCN(C(=O)CC[C@@H]3CCCOC3)[C@@H](C)C2)n1. The minimum atomic E-state index is 0.233. The molecule has 1 amide bonds. The zero-order valence-corrected chi connectivity index (χ0v) is 14.9. The van der Waals surface area contributed by atoms with Gasteiger partial charge < -0.3 is 14.5 Å². The summed E-state index contributed by atoms with van der Waals surface area (Å²) in [6.45, 7) is 8.38. The maximum atomic E-state index is 12.6. The number of carbonyl (C=O) groups excluding carboxylic acids is 1. The monoisotopic (exact) mass is 331 g/mol. The highest BCUT2D eigenvalue weighted by molar-refractivity contribution is 5.76. The predicted octanol–water partition coefficient (Wildman–Crippen LogP) is 2.63. The molecule has 0 bridgehead atoms. The van der Waals surface area contributed by atoms with Gasteiger partial charge in [0, 0.05) is 51.0 Å². The van der Waals surface area contributed by atoms with Crippen LogP contribution < -0.4 is 4.90 Å². The van der Waals surface area contributed by atoms with E-state index in [4.69, 9.17) is 4.74 Å². The van der Waals surface area contributed by atoms with Crippen LogP contribution in [0.25, 0.3) is 0 Å². The van der Waals surface area contributed by atoms with Gasteiger partial charge in [0.25, 0.3) is 0 Å². The number of aromatic nitrogens is 1. The summed E-state index contributed by atoms with van der Waals surface area (Å²) >= 11 is 0. The van der Waals surface area contributed by atoms with Crippen molar-refractivity contribution in [3.05, 3.63) is 23.9 Å². The third kappa shape index (κ3) is 4.26. The van der Waals surface area contributed by atoms with E-state index in [9.17, 15) is 4.79 Å². The molecule has 0 aliphatic carbocycles. The molecular weight excluding hydrogens is 302 g/mol. The van der Waals surface area contributed by atoms with Crippen LogP contribution in [0.4, 0.5) is 5.82 Å². The fourth-order valence-corrected chi connectivity index (χ4v) is 3.75. The number of rotatable bonds is 4. The topological polar surface area (TPSA) is 45.7 Å². The lowest BCUT2D eigenvalue weighted by Crippen LogP contribution is -2.54. The van der Waals surface area contributed by atoms with E-state index in [-0.39, 0.29) is 6.04 Å². The number of ether oxygens (including phenoxy) is 1. The fourth-order valence-electron chi connectivity index (χ4n) is 3.75. The van der Waals surface area contributed by atoms with Crippen LogP contribution in [0, 0.1) is 12.8 Å². The lowest BCUT2D eigenvalue weighted by Gasteiger charge is -2.40. The van der Waals surface area contributed by atoms with Gasteiger partial charge in [0.15, 0.2) is 0 Å². The highest BCUT2D eigenvalue weighted by Gasteiger charge is 2.28. The largest absolute Gasteiger partial charge is 0.381 e. The molecule has 0 saturated carbocycles. The lowest BCUT2D eigenvalue weighted by atomic mass is 9.96. The average Bonchev–Trinajstić information content (AvgIpc) is 2.60. The molecule has 3 rings (SSSR count). The second-order valence-electron chi connectivity index (χ2n) is 7.14. The zero-order chi connectivity index (χ0) is 16.9. The Bertz CT molecular complexity index is 557. The van der Waals surface area contributed by atoms with Gasteiger partial charge in [-0.15, -0.1) is 0 Å². The van der Waals surface area contributed by atoms with Crippen LogP contribution in [0.2, 0.25) is 0 Å². The van der Waals surface area contributed by atoms with Crippen molar-refractivity contribution in [2.45, 2.75) is 45.6 Å². The molecule has 2 aliphatic heterocycles. The van der Waals surface area contributed by atoms with Crippen LogP contribution >= 0.6 is 0 Å². The zero-order valence-electron chi connectivity index (χ0n) is 14.9. The molecular formula is C19H29N3O2. The summed E-state index contributed by atoms with van der Waals surface area (Å²) in [6, 6.07) is 6.35. The van der Waals surface area contributed by atoms with Gasteiger partial charge in [-0.25, -0.2) is 4.98 Å². The number of pyridine rings is 1. The van der Waals surface area contributed by atoms with E-state index in [1.165, 1.54) is 6.42 Å². The standard InChI is InChI=1S/C19H29N3O2/c1-15-5-3-7-18(20-15)21-10-11-22(16(2)13-21)19(23)9-8-17-6-4-12-24-14-17/h3,5,7,16-17H,4,6,8-14H2,1-2H3/t16-,17-/m0/s1. The highest BCUT2D eigenvalue weighted by atomic mass is 16.5. The Morgan fingerprint density at radius 2 is 2.25 bits per heavy atom. The first-order valence-corrected chi connectivity index (χ1v) is 9.19. The maximum absolute atomic E-state index is 12.6. The van der Waals surface area contributed by atoms with Crippen molar-refractivity contribution in [1.82, 2.24) is 9.88 Å². The molecule has 1 aromatic heterocycles. The first-order chi connectivity index (χ1) is 11.6. The number of hydrogen-bond donors (Lipinski definition) is 0. The molecule has 0 radical (unpaired) electrons. The van der Waals surface area contributed by atoms with E-state index in [0.717, 1.165) is 57.2 Å². The predicted molar refractivity (Wildman–Crippen MR) is 95.1 cm³/mol. The molecule has 2 fully saturated rings. The smallest absolute Gasteiger partial charge is 0.222 e. The molecule has 24 heavy (non-hydrogen) atoms. The van der Waals surface area contributed by atoms with Crippen LogP contribution in [-0.2, 0) is 9.53 Å². The number of nitrogens with zero attached hydrogens (tertiary/aromatic N) is 3. The molecule has 5 heteroatoms. The number of carbonyl (C=O) groups is 1. The summed E-state index contributed by atoms with van der Waals surface area (Å²) in [5, 5.41) is 0. The number of hydrogen-bond acceptors (Lipinski definition) is 4. The van der Waals surface area contributed by atoms with Crippen LogP contribution in [-0.4, -0.2) is 54.7 Å². The van der Waals surface area contributed by atoms with E-state index in [2.05, 4.69) is 27.8 Å². The maximum Gasteiger partial charge on any atom is 0.222 e. The third-order valence-electron chi connectivity index (χ3n) is 5.17. The van der Waals surface area contributed by atoms with E-state index in [1.807, 2.05) is 19.1 Å². The number of anilines is 1. The Balaban J connectivity index is 1.50. The minimum Gasteiger partial charge on any atom is -0.381 e. The Morgan fingerprint density at radius 3 is 2.96 bits per heavy atom. The molecule has 0 unspecified atom stereocenters. The van der Waals surface area contributed by atoms with Gasteiger partial charge in [-0.1, -0.05) is 6.07 Å².